The SMILES string of the molecule is CS(=O)(=O)c1ccc(-c2nc(C#N)cn2-c2ccc(Cl)cc2)cc1. The highest BCUT2D eigenvalue weighted by molar-refractivity contribution is 7.90. The van der Waals surface area contributed by atoms with E-state index in [1.165, 1.54) is 12.1 Å². The molecule has 0 aliphatic heterocycles. The number of rotatable bonds is 3. The Kier molecular flexibility index (Phi) is 4.14. The van der Waals surface area contributed by atoms with Gasteiger partial charge in [-0.05, 0) is 48.5 Å². The van der Waals surface area contributed by atoms with Gasteiger partial charge in [-0.3, -0.25) is 4.57 Å². The van der Waals surface area contributed by atoms with Crippen molar-refractivity contribution in [3.63, 3.8) is 0 Å². The molecule has 120 valence electrons. The number of nitriles is 1. The number of sulfone groups is 1. The maximum Gasteiger partial charge on any atom is 0.175 e. The fraction of sp³-hybridized carbons (Fsp3) is 0.0588. The van der Waals surface area contributed by atoms with E-state index >= 15 is 0 Å². The molecular formula is C17H12ClN3O2S. The maximum absolute atomic E-state index is 11.6. The molecule has 24 heavy (non-hydrogen) atoms. The Morgan fingerprint density at radius 2 is 1.71 bits per heavy atom. The highest BCUT2D eigenvalue weighted by atomic mass is 35.5. The van der Waals surface area contributed by atoms with Crippen LogP contribution in [0.3, 0.4) is 0 Å². The lowest BCUT2D eigenvalue weighted by atomic mass is 10.2. The van der Waals surface area contributed by atoms with Gasteiger partial charge in [0.15, 0.2) is 15.5 Å². The van der Waals surface area contributed by atoms with Gasteiger partial charge in [0.05, 0.1) is 4.90 Å². The van der Waals surface area contributed by atoms with Crippen LogP contribution in [0.25, 0.3) is 17.1 Å². The summed E-state index contributed by atoms with van der Waals surface area (Å²) in [6, 6.07) is 15.6. The molecule has 0 N–H and O–H groups in total. The van der Waals surface area contributed by atoms with Gasteiger partial charge in [-0.15, -0.1) is 0 Å². The molecule has 5 nitrogen and oxygen atoms in total. The van der Waals surface area contributed by atoms with Crippen LogP contribution in [0, 0.1) is 11.3 Å². The standard InChI is InChI=1S/C17H12ClN3O2S/c1-24(22,23)16-8-2-12(3-9-16)17-20-14(10-19)11-21(17)15-6-4-13(18)5-7-15/h2-9,11H,1H3. The quantitative estimate of drug-likeness (QED) is 0.719. The molecule has 0 atom stereocenters. The number of halogens is 1. The highest BCUT2D eigenvalue weighted by Crippen LogP contribution is 2.25. The van der Waals surface area contributed by atoms with Crippen molar-refractivity contribution in [1.82, 2.24) is 9.55 Å². The lowest BCUT2D eigenvalue weighted by Gasteiger charge is -2.08. The van der Waals surface area contributed by atoms with E-state index in [4.69, 9.17) is 16.9 Å². The summed E-state index contributed by atoms with van der Waals surface area (Å²) in [6.07, 6.45) is 2.79. The zero-order valence-electron chi connectivity index (χ0n) is 12.6. The van der Waals surface area contributed by atoms with E-state index in [0.717, 1.165) is 11.9 Å². The molecule has 2 aromatic carbocycles. The van der Waals surface area contributed by atoms with Gasteiger partial charge in [-0.1, -0.05) is 11.6 Å². The van der Waals surface area contributed by atoms with Crippen LogP contribution >= 0.6 is 11.6 Å². The molecule has 3 rings (SSSR count). The first-order valence-electron chi connectivity index (χ1n) is 6.94. The highest BCUT2D eigenvalue weighted by Gasteiger charge is 2.13. The third-order valence-electron chi connectivity index (χ3n) is 3.47. The molecular weight excluding hydrogens is 346 g/mol. The van der Waals surface area contributed by atoms with Crippen molar-refractivity contribution in [3.8, 4) is 23.1 Å². The van der Waals surface area contributed by atoms with Gasteiger partial charge in [-0.25, -0.2) is 13.4 Å². The van der Waals surface area contributed by atoms with Crippen molar-refractivity contribution in [1.29, 1.82) is 5.26 Å². The summed E-state index contributed by atoms with van der Waals surface area (Å²) in [5, 5.41) is 9.75. The number of hydrogen-bond acceptors (Lipinski definition) is 4. The molecule has 0 spiro atoms. The molecule has 0 fully saturated rings. The van der Waals surface area contributed by atoms with Crippen molar-refractivity contribution in [3.05, 3.63) is 65.4 Å². The number of aromatic nitrogens is 2. The normalized spacial score (nSPS) is 11.2. The Morgan fingerprint density at radius 3 is 2.25 bits per heavy atom. The Morgan fingerprint density at radius 1 is 1.08 bits per heavy atom. The largest absolute Gasteiger partial charge is 0.298 e. The Labute approximate surface area is 144 Å². The third kappa shape index (κ3) is 3.18. The minimum Gasteiger partial charge on any atom is -0.298 e. The van der Waals surface area contributed by atoms with Crippen molar-refractivity contribution in [2.75, 3.05) is 6.26 Å². The summed E-state index contributed by atoms with van der Waals surface area (Å²) >= 11 is 5.91. The summed E-state index contributed by atoms with van der Waals surface area (Å²) in [5.41, 5.74) is 1.78. The number of imidazole rings is 1. The number of benzene rings is 2. The fourth-order valence-corrected chi connectivity index (χ4v) is 3.04. The van der Waals surface area contributed by atoms with Crippen LogP contribution < -0.4 is 0 Å². The summed E-state index contributed by atoms with van der Waals surface area (Å²) < 4.78 is 24.9. The first-order chi connectivity index (χ1) is 11.4. The first kappa shape index (κ1) is 16.2. The summed E-state index contributed by atoms with van der Waals surface area (Å²) in [6.45, 7) is 0. The number of hydrogen-bond donors (Lipinski definition) is 0. The zero-order valence-corrected chi connectivity index (χ0v) is 14.2. The van der Waals surface area contributed by atoms with Gasteiger partial charge in [-0.2, -0.15) is 5.26 Å². The fourth-order valence-electron chi connectivity index (χ4n) is 2.29. The molecule has 1 heterocycles. The second kappa shape index (κ2) is 6.11. The molecule has 0 unspecified atom stereocenters. The lowest BCUT2D eigenvalue weighted by molar-refractivity contribution is 0.602. The molecule has 3 aromatic rings. The molecule has 0 aliphatic rings. The smallest absolute Gasteiger partial charge is 0.175 e. The van der Waals surface area contributed by atoms with E-state index in [-0.39, 0.29) is 10.6 Å². The van der Waals surface area contributed by atoms with Crippen molar-refractivity contribution in [2.24, 2.45) is 0 Å². The second-order valence-electron chi connectivity index (χ2n) is 5.20. The van der Waals surface area contributed by atoms with Crippen LogP contribution in [0.5, 0.6) is 0 Å². The molecule has 0 amide bonds. The molecule has 1 aromatic heterocycles. The van der Waals surface area contributed by atoms with E-state index in [1.807, 2.05) is 18.2 Å². The third-order valence-corrected chi connectivity index (χ3v) is 4.85. The zero-order chi connectivity index (χ0) is 17.3. The number of nitrogens with zero attached hydrogens (tertiary/aromatic N) is 3. The van der Waals surface area contributed by atoms with Gasteiger partial charge in [0.1, 0.15) is 11.9 Å². The first-order valence-corrected chi connectivity index (χ1v) is 9.21. The lowest BCUT2D eigenvalue weighted by Crippen LogP contribution is -1.98. The molecule has 7 heteroatoms. The molecule has 0 aliphatic carbocycles. The summed E-state index contributed by atoms with van der Waals surface area (Å²) in [5.74, 6) is 0.550. The van der Waals surface area contributed by atoms with Gasteiger partial charge >= 0.3 is 0 Å². The Bertz CT molecular complexity index is 1030. The minimum atomic E-state index is -3.26. The van der Waals surface area contributed by atoms with Gasteiger partial charge in [0.2, 0.25) is 0 Å². The predicted octanol–water partition coefficient (Wildman–Crippen LogP) is 3.47. The van der Waals surface area contributed by atoms with Crippen molar-refractivity contribution < 1.29 is 8.42 Å². The van der Waals surface area contributed by atoms with Crippen LogP contribution in [0.15, 0.2) is 59.6 Å². The predicted molar refractivity (Wildman–Crippen MR) is 91.8 cm³/mol. The molecule has 0 saturated carbocycles. The monoisotopic (exact) mass is 357 g/mol. The summed E-state index contributed by atoms with van der Waals surface area (Å²) in [7, 11) is -3.26. The molecule has 0 saturated heterocycles. The van der Waals surface area contributed by atoms with E-state index in [2.05, 4.69) is 4.98 Å². The van der Waals surface area contributed by atoms with Gasteiger partial charge in [0, 0.05) is 28.7 Å². The summed E-state index contributed by atoms with van der Waals surface area (Å²) in [4.78, 5) is 4.54. The van der Waals surface area contributed by atoms with E-state index in [0.29, 0.717) is 16.4 Å². The van der Waals surface area contributed by atoms with E-state index in [1.54, 1.807) is 35.0 Å². The molecule has 0 bridgehead atoms. The Balaban J connectivity index is 2.12. The Hall–Kier alpha value is -2.62. The average Bonchev–Trinajstić information content (AvgIpc) is 2.99. The van der Waals surface area contributed by atoms with Crippen LogP contribution in [-0.2, 0) is 9.84 Å². The maximum atomic E-state index is 11.6. The minimum absolute atomic E-state index is 0.233. The van der Waals surface area contributed by atoms with Crippen molar-refractivity contribution >= 4 is 21.4 Å². The van der Waals surface area contributed by atoms with Crippen LogP contribution in [-0.4, -0.2) is 24.2 Å². The van der Waals surface area contributed by atoms with Crippen LogP contribution in [0.2, 0.25) is 5.02 Å². The van der Waals surface area contributed by atoms with Gasteiger partial charge in [0.25, 0.3) is 0 Å². The van der Waals surface area contributed by atoms with Gasteiger partial charge < -0.3 is 0 Å². The van der Waals surface area contributed by atoms with Crippen LogP contribution in [0.1, 0.15) is 5.69 Å². The average molecular weight is 358 g/mol. The van der Waals surface area contributed by atoms with E-state index in [9.17, 15) is 8.42 Å². The topological polar surface area (TPSA) is 75.8 Å². The van der Waals surface area contributed by atoms with Crippen LogP contribution in [0.4, 0.5) is 0 Å². The second-order valence-corrected chi connectivity index (χ2v) is 7.66. The van der Waals surface area contributed by atoms with Crippen molar-refractivity contribution in [2.45, 2.75) is 4.90 Å². The molecule has 0 radical (unpaired) electrons. The van der Waals surface area contributed by atoms with E-state index < -0.39 is 9.84 Å².